The molecule has 0 unspecified atom stereocenters. The van der Waals surface area contributed by atoms with E-state index in [2.05, 4.69) is 37.4 Å². The van der Waals surface area contributed by atoms with Crippen LogP contribution in [0.2, 0.25) is 0 Å². The summed E-state index contributed by atoms with van der Waals surface area (Å²) >= 11 is 5.98. The molecule has 0 nitrogen and oxygen atoms in total. The molecular weight excluding hydrogens is 268 g/mol. The van der Waals surface area contributed by atoms with E-state index in [0.717, 1.165) is 4.90 Å². The SMILES string of the molecule is C=C/C=C\C(=C/C)Sc1ccc(S)cc1.CC.CC. The van der Waals surface area contributed by atoms with Gasteiger partial charge >= 0.3 is 0 Å². The summed E-state index contributed by atoms with van der Waals surface area (Å²) in [6, 6.07) is 8.13. The van der Waals surface area contributed by atoms with Crippen LogP contribution in [0.15, 0.2) is 69.8 Å². The van der Waals surface area contributed by atoms with Gasteiger partial charge in [0.05, 0.1) is 0 Å². The van der Waals surface area contributed by atoms with Crippen LogP contribution < -0.4 is 0 Å². The van der Waals surface area contributed by atoms with Crippen molar-refractivity contribution in [1.29, 1.82) is 0 Å². The minimum absolute atomic E-state index is 0.989. The fourth-order valence-electron chi connectivity index (χ4n) is 1.00. The number of thioether (sulfide) groups is 1. The first-order chi connectivity index (χ1) is 9.26. The van der Waals surface area contributed by atoms with Gasteiger partial charge in [-0.1, -0.05) is 64.3 Å². The van der Waals surface area contributed by atoms with E-state index >= 15 is 0 Å². The van der Waals surface area contributed by atoms with E-state index in [1.165, 1.54) is 9.80 Å². The van der Waals surface area contributed by atoms with E-state index < -0.39 is 0 Å². The minimum Gasteiger partial charge on any atom is -0.143 e. The Balaban J connectivity index is 0. The third-order valence-electron chi connectivity index (χ3n) is 1.75. The van der Waals surface area contributed by atoms with Crippen molar-refractivity contribution in [3.05, 3.63) is 60.1 Å². The Hall–Kier alpha value is -0.860. The smallest absolute Gasteiger partial charge is 0.0123 e. The Labute approximate surface area is 129 Å². The van der Waals surface area contributed by atoms with Crippen LogP contribution in [0.1, 0.15) is 34.6 Å². The lowest BCUT2D eigenvalue weighted by Crippen LogP contribution is -1.73. The molecule has 0 bridgehead atoms. The highest BCUT2D eigenvalue weighted by Gasteiger charge is 1.95. The Kier molecular flexibility index (Phi) is 16.4. The molecule has 0 aliphatic rings. The summed E-state index contributed by atoms with van der Waals surface area (Å²) in [5, 5.41) is 0. The standard InChI is InChI=1S/C13H14S2.2C2H6/c1-3-5-6-12(4-2)15-13-9-7-11(14)8-10-13;2*1-2/h3-10,14H,1H2,2H3;2*1-2H3/b6-5-,12-4+;;. The summed E-state index contributed by atoms with van der Waals surface area (Å²) in [5.74, 6) is 0. The lowest BCUT2D eigenvalue weighted by atomic mass is 10.4. The molecule has 1 aromatic carbocycles. The van der Waals surface area contributed by atoms with Gasteiger partial charge < -0.3 is 0 Å². The molecule has 0 radical (unpaired) electrons. The van der Waals surface area contributed by atoms with Crippen molar-refractivity contribution in [2.75, 3.05) is 0 Å². The van der Waals surface area contributed by atoms with Gasteiger partial charge in [0.2, 0.25) is 0 Å². The number of allylic oxidation sites excluding steroid dienone is 4. The molecule has 0 saturated heterocycles. The molecule has 19 heavy (non-hydrogen) atoms. The van der Waals surface area contributed by atoms with Crippen LogP contribution in [0.25, 0.3) is 0 Å². The Morgan fingerprint density at radius 2 is 1.63 bits per heavy atom. The predicted molar refractivity (Wildman–Crippen MR) is 95.3 cm³/mol. The summed E-state index contributed by atoms with van der Waals surface area (Å²) < 4.78 is 0. The summed E-state index contributed by atoms with van der Waals surface area (Å²) in [5.41, 5.74) is 0. The van der Waals surface area contributed by atoms with E-state index in [9.17, 15) is 0 Å². The van der Waals surface area contributed by atoms with E-state index in [4.69, 9.17) is 0 Å². The molecular formula is C17H26S2. The number of thiol groups is 1. The third-order valence-corrected chi connectivity index (χ3v) is 3.17. The summed E-state index contributed by atoms with van der Waals surface area (Å²) in [4.78, 5) is 3.42. The highest BCUT2D eigenvalue weighted by molar-refractivity contribution is 8.03. The van der Waals surface area contributed by atoms with Gasteiger partial charge in [-0.05, 0) is 37.3 Å². The van der Waals surface area contributed by atoms with E-state index in [1.54, 1.807) is 17.8 Å². The average molecular weight is 295 g/mol. The highest BCUT2D eigenvalue weighted by Crippen LogP contribution is 2.27. The van der Waals surface area contributed by atoms with Crippen LogP contribution in [-0.4, -0.2) is 0 Å². The van der Waals surface area contributed by atoms with Crippen LogP contribution in [0.4, 0.5) is 0 Å². The molecule has 0 fully saturated rings. The largest absolute Gasteiger partial charge is 0.143 e. The normalized spacial score (nSPS) is 10.1. The van der Waals surface area contributed by atoms with Gasteiger partial charge in [-0.25, -0.2) is 0 Å². The second-order valence-electron chi connectivity index (χ2n) is 2.88. The fourth-order valence-corrected chi connectivity index (χ4v) is 1.96. The zero-order valence-electron chi connectivity index (χ0n) is 12.7. The van der Waals surface area contributed by atoms with Gasteiger partial charge in [0, 0.05) is 14.7 Å². The van der Waals surface area contributed by atoms with Crippen molar-refractivity contribution < 1.29 is 0 Å². The van der Waals surface area contributed by atoms with Crippen LogP contribution in [0.5, 0.6) is 0 Å². The quantitative estimate of drug-likeness (QED) is 0.363. The molecule has 0 N–H and O–H groups in total. The molecule has 0 aliphatic carbocycles. The lowest BCUT2D eigenvalue weighted by molar-refractivity contribution is 1.36. The molecule has 0 amide bonds. The molecule has 0 aromatic heterocycles. The predicted octanol–water partition coefficient (Wildman–Crippen LogP) is 6.77. The Morgan fingerprint density at radius 3 is 2.05 bits per heavy atom. The molecule has 0 heterocycles. The maximum atomic E-state index is 4.25. The zero-order chi connectivity index (χ0) is 15.1. The maximum Gasteiger partial charge on any atom is 0.0123 e. The van der Waals surface area contributed by atoms with Crippen LogP contribution in [0, 0.1) is 0 Å². The molecule has 0 atom stereocenters. The molecule has 0 saturated carbocycles. The van der Waals surface area contributed by atoms with Gasteiger partial charge in [-0.15, -0.1) is 12.6 Å². The first kappa shape index (κ1) is 20.5. The lowest BCUT2D eigenvalue weighted by Gasteiger charge is -2.01. The van der Waals surface area contributed by atoms with Crippen molar-refractivity contribution in [1.82, 2.24) is 0 Å². The van der Waals surface area contributed by atoms with Gasteiger partial charge in [-0.2, -0.15) is 0 Å². The van der Waals surface area contributed by atoms with Crippen molar-refractivity contribution in [3.63, 3.8) is 0 Å². The van der Waals surface area contributed by atoms with Crippen LogP contribution in [0.3, 0.4) is 0 Å². The molecule has 0 spiro atoms. The monoisotopic (exact) mass is 294 g/mol. The minimum atomic E-state index is 0.989. The van der Waals surface area contributed by atoms with E-state index in [-0.39, 0.29) is 0 Å². The molecule has 2 heteroatoms. The average Bonchev–Trinajstić information content (AvgIpc) is 2.49. The number of hydrogen-bond acceptors (Lipinski definition) is 2. The number of rotatable bonds is 4. The fraction of sp³-hybridized carbons (Fsp3) is 0.294. The van der Waals surface area contributed by atoms with Crippen molar-refractivity contribution >= 4 is 24.4 Å². The van der Waals surface area contributed by atoms with Gasteiger partial charge in [0.1, 0.15) is 0 Å². The molecule has 1 aromatic rings. The molecule has 1 rings (SSSR count). The van der Waals surface area contributed by atoms with Crippen LogP contribution in [-0.2, 0) is 0 Å². The van der Waals surface area contributed by atoms with Gasteiger partial charge in [-0.3, -0.25) is 0 Å². The Bertz CT molecular complexity index is 373. The molecule has 0 aliphatic heterocycles. The highest BCUT2D eigenvalue weighted by atomic mass is 32.2. The third kappa shape index (κ3) is 10.7. The van der Waals surface area contributed by atoms with Crippen molar-refractivity contribution in [3.8, 4) is 0 Å². The second kappa shape index (κ2) is 15.2. The first-order valence-corrected chi connectivity index (χ1v) is 7.95. The van der Waals surface area contributed by atoms with Crippen molar-refractivity contribution in [2.45, 2.75) is 44.4 Å². The summed E-state index contributed by atoms with van der Waals surface area (Å²) in [7, 11) is 0. The van der Waals surface area contributed by atoms with E-state index in [0.29, 0.717) is 0 Å². The topological polar surface area (TPSA) is 0 Å². The Morgan fingerprint density at radius 1 is 1.11 bits per heavy atom. The molecule has 106 valence electrons. The van der Waals surface area contributed by atoms with Gasteiger partial charge in [0.25, 0.3) is 0 Å². The zero-order valence-corrected chi connectivity index (χ0v) is 14.4. The summed E-state index contributed by atoms with van der Waals surface area (Å²) in [6.07, 6.45) is 7.85. The number of hydrogen-bond donors (Lipinski definition) is 1. The second-order valence-corrected chi connectivity index (χ2v) is 4.55. The van der Waals surface area contributed by atoms with E-state index in [1.807, 2.05) is 58.9 Å². The van der Waals surface area contributed by atoms with Crippen LogP contribution >= 0.6 is 24.4 Å². The van der Waals surface area contributed by atoms with Gasteiger partial charge in [0.15, 0.2) is 0 Å². The maximum absolute atomic E-state index is 4.25. The van der Waals surface area contributed by atoms with Crippen molar-refractivity contribution in [2.24, 2.45) is 0 Å². The first-order valence-electron chi connectivity index (χ1n) is 6.68. The summed E-state index contributed by atoms with van der Waals surface area (Å²) in [6.45, 7) is 13.7. The number of benzene rings is 1.